The van der Waals surface area contributed by atoms with Crippen molar-refractivity contribution in [2.45, 2.75) is 15.6 Å². The highest BCUT2D eigenvalue weighted by molar-refractivity contribution is 8.01. The Balaban J connectivity index is 1.48. The van der Waals surface area contributed by atoms with Crippen molar-refractivity contribution >= 4 is 75.0 Å². The highest BCUT2D eigenvalue weighted by atomic mass is 32.2. The zero-order valence-electron chi connectivity index (χ0n) is 15.3. The molecule has 2 aliphatic heterocycles. The number of nitrogens with one attached hydrogen (secondary N) is 1. The lowest BCUT2D eigenvalue weighted by atomic mass is 10.0. The molecule has 2 aromatic rings. The second-order valence-corrected chi connectivity index (χ2v) is 10.2. The first kappa shape index (κ1) is 21.5. The molecule has 1 saturated heterocycles. The Hall–Kier alpha value is -2.69. The third-order valence-electron chi connectivity index (χ3n) is 4.35. The third-order valence-corrected chi connectivity index (χ3v) is 8.28. The second-order valence-electron chi connectivity index (χ2n) is 6.16. The normalized spacial score (nSPS) is 21.0. The molecule has 12 nitrogen and oxygen atoms in total. The Morgan fingerprint density at radius 1 is 1.45 bits per heavy atom. The highest BCUT2D eigenvalue weighted by Crippen LogP contribution is 2.41. The van der Waals surface area contributed by atoms with Crippen molar-refractivity contribution in [1.82, 2.24) is 24.8 Å². The van der Waals surface area contributed by atoms with Crippen LogP contribution in [0.1, 0.15) is 5.69 Å². The number of hydrogen-bond acceptors (Lipinski definition) is 13. The van der Waals surface area contributed by atoms with Gasteiger partial charge in [-0.3, -0.25) is 14.5 Å². The van der Waals surface area contributed by atoms with E-state index in [0.29, 0.717) is 17.1 Å². The van der Waals surface area contributed by atoms with E-state index >= 15 is 0 Å². The predicted molar refractivity (Wildman–Crippen MR) is 115 cm³/mol. The van der Waals surface area contributed by atoms with Gasteiger partial charge < -0.3 is 21.4 Å². The quantitative estimate of drug-likeness (QED) is 0.135. The van der Waals surface area contributed by atoms with Gasteiger partial charge in [-0.2, -0.15) is 0 Å². The summed E-state index contributed by atoms with van der Waals surface area (Å²) in [5, 5.41) is 29.2. The summed E-state index contributed by atoms with van der Waals surface area (Å²) in [6.45, 7) is 0. The van der Waals surface area contributed by atoms with E-state index in [-0.39, 0.29) is 22.2 Å². The minimum Gasteiger partial charge on any atom is -0.477 e. The maximum atomic E-state index is 12.7. The van der Waals surface area contributed by atoms with Crippen LogP contribution in [0.15, 0.2) is 32.2 Å². The fourth-order valence-corrected chi connectivity index (χ4v) is 6.45. The lowest BCUT2D eigenvalue weighted by molar-refractivity contribution is -0.150. The Morgan fingerprint density at radius 2 is 2.26 bits per heavy atom. The molecule has 0 aliphatic carbocycles. The number of carboxylic acid groups (broad SMARTS) is 1. The van der Waals surface area contributed by atoms with Crippen LogP contribution in [0.2, 0.25) is 0 Å². The zero-order valence-corrected chi connectivity index (χ0v) is 18.6. The summed E-state index contributed by atoms with van der Waals surface area (Å²) in [4.78, 5) is 42.2. The third kappa shape index (κ3) is 4.10. The van der Waals surface area contributed by atoms with Crippen molar-refractivity contribution < 1.29 is 24.7 Å². The van der Waals surface area contributed by atoms with Gasteiger partial charge in [0.05, 0.1) is 6.20 Å². The van der Waals surface area contributed by atoms with E-state index in [1.54, 1.807) is 6.20 Å². The van der Waals surface area contributed by atoms with Crippen LogP contribution < -0.4 is 11.1 Å². The number of rotatable bonds is 7. The second kappa shape index (κ2) is 8.81. The number of amides is 2. The number of anilines is 1. The molecule has 162 valence electrons. The van der Waals surface area contributed by atoms with E-state index < -0.39 is 29.2 Å². The van der Waals surface area contributed by atoms with Crippen molar-refractivity contribution in [3.05, 3.63) is 28.5 Å². The first-order chi connectivity index (χ1) is 14.9. The number of thiazole rings is 1. The smallest absolute Gasteiger partial charge is 0.352 e. The van der Waals surface area contributed by atoms with Gasteiger partial charge in [0.1, 0.15) is 27.0 Å². The van der Waals surface area contributed by atoms with Gasteiger partial charge in [0.15, 0.2) is 10.8 Å². The number of β-lactam (4-membered cyclic amide) rings is 1. The van der Waals surface area contributed by atoms with Crippen LogP contribution in [0.3, 0.4) is 0 Å². The van der Waals surface area contributed by atoms with Crippen LogP contribution in [-0.2, 0) is 14.4 Å². The number of nitrogen functional groups attached to an aromatic ring is 1. The SMILES string of the molecule is Nc1nc(/C(=N/O)C(=O)N[C@@H]2C(=O)N3C(C(=O)O)=C(CSc4cnns4)CS[C@H]23)cs1. The monoisotopic (exact) mass is 499 g/mol. The highest BCUT2D eigenvalue weighted by Gasteiger charge is 2.54. The Morgan fingerprint density at radius 3 is 2.87 bits per heavy atom. The first-order valence-corrected chi connectivity index (χ1v) is 12.1. The Bertz CT molecular complexity index is 1100. The Labute approximate surface area is 190 Å². The molecule has 4 rings (SSSR count). The molecule has 0 aromatic carbocycles. The van der Waals surface area contributed by atoms with E-state index in [9.17, 15) is 24.7 Å². The topological polar surface area (TPSA) is 184 Å². The fraction of sp³-hybridized carbons (Fsp3) is 0.267. The van der Waals surface area contributed by atoms with Crippen molar-refractivity contribution in [1.29, 1.82) is 0 Å². The van der Waals surface area contributed by atoms with Gasteiger partial charge in [0.25, 0.3) is 11.8 Å². The molecular weight excluding hydrogens is 486 g/mol. The number of fused-ring (bicyclic) bond motifs is 1. The molecule has 2 amide bonds. The van der Waals surface area contributed by atoms with E-state index in [0.717, 1.165) is 15.5 Å². The molecule has 0 radical (unpaired) electrons. The number of carbonyl (C=O) groups excluding carboxylic acids is 2. The molecule has 0 unspecified atom stereocenters. The average Bonchev–Trinajstić information content (AvgIpc) is 3.42. The zero-order chi connectivity index (χ0) is 22.1. The average molecular weight is 500 g/mol. The fourth-order valence-electron chi connectivity index (χ4n) is 2.99. The summed E-state index contributed by atoms with van der Waals surface area (Å²) < 4.78 is 4.60. The minimum atomic E-state index is -1.21. The van der Waals surface area contributed by atoms with Crippen LogP contribution in [0, 0.1) is 0 Å². The summed E-state index contributed by atoms with van der Waals surface area (Å²) in [5.41, 5.74) is 5.75. The molecule has 5 N–H and O–H groups in total. The number of thioether (sulfide) groups is 2. The van der Waals surface area contributed by atoms with Crippen LogP contribution in [-0.4, -0.2) is 76.2 Å². The number of carbonyl (C=O) groups is 3. The first-order valence-electron chi connectivity index (χ1n) is 8.45. The van der Waals surface area contributed by atoms with Gasteiger partial charge in [-0.15, -0.1) is 40.0 Å². The summed E-state index contributed by atoms with van der Waals surface area (Å²) in [6.07, 6.45) is 1.59. The lowest BCUT2D eigenvalue weighted by Crippen LogP contribution is -2.71. The van der Waals surface area contributed by atoms with Crippen LogP contribution in [0.25, 0.3) is 0 Å². The van der Waals surface area contributed by atoms with Crippen molar-refractivity contribution in [3.63, 3.8) is 0 Å². The molecule has 2 atom stereocenters. The van der Waals surface area contributed by atoms with Gasteiger partial charge in [-0.25, -0.2) is 9.78 Å². The summed E-state index contributed by atoms with van der Waals surface area (Å²) in [5.74, 6) is -1.83. The minimum absolute atomic E-state index is 0.0745. The van der Waals surface area contributed by atoms with Crippen molar-refractivity contribution in [2.24, 2.45) is 5.16 Å². The molecule has 0 bridgehead atoms. The molecule has 2 aliphatic rings. The van der Waals surface area contributed by atoms with Gasteiger partial charge in [0, 0.05) is 16.9 Å². The predicted octanol–water partition coefficient (Wildman–Crippen LogP) is 0.286. The summed E-state index contributed by atoms with van der Waals surface area (Å²) >= 11 is 5.00. The van der Waals surface area contributed by atoms with E-state index in [1.165, 1.54) is 45.3 Å². The molecule has 16 heteroatoms. The van der Waals surface area contributed by atoms with E-state index in [4.69, 9.17) is 5.73 Å². The van der Waals surface area contributed by atoms with Crippen LogP contribution in [0.5, 0.6) is 0 Å². The number of hydrogen-bond donors (Lipinski definition) is 4. The number of nitrogens with two attached hydrogens (primary N) is 1. The summed E-state index contributed by atoms with van der Waals surface area (Å²) in [6, 6.07) is -0.959. The molecule has 31 heavy (non-hydrogen) atoms. The van der Waals surface area contributed by atoms with Gasteiger partial charge in [-0.05, 0) is 17.1 Å². The van der Waals surface area contributed by atoms with Crippen LogP contribution >= 0.6 is 46.4 Å². The molecule has 4 heterocycles. The number of nitrogens with zero attached hydrogens (tertiary/aromatic N) is 5. The molecule has 0 spiro atoms. The molecule has 0 saturated carbocycles. The Kier molecular flexibility index (Phi) is 6.12. The lowest BCUT2D eigenvalue weighted by Gasteiger charge is -2.49. The van der Waals surface area contributed by atoms with Gasteiger partial charge >= 0.3 is 5.97 Å². The maximum Gasteiger partial charge on any atom is 0.352 e. The van der Waals surface area contributed by atoms with E-state index in [2.05, 4.69) is 25.0 Å². The van der Waals surface area contributed by atoms with Gasteiger partial charge in [0.2, 0.25) is 0 Å². The standard InChI is InChI=1S/C15H13N7O5S4/c16-15-18-6(4-30-15)8(20-27)11(23)19-9-12(24)22-10(14(25)26)5(3-29-13(9)22)2-28-7-1-17-21-31-7/h1,4,9,13,27H,2-3H2,(H2,16,18)(H,19,23)(H,25,26)/b20-8-/t9-,13-/m1/s1. The molecular formula is C15H13N7O5S4. The van der Waals surface area contributed by atoms with Crippen molar-refractivity contribution in [3.8, 4) is 0 Å². The molecule has 1 fully saturated rings. The summed E-state index contributed by atoms with van der Waals surface area (Å²) in [7, 11) is 0. The van der Waals surface area contributed by atoms with Crippen molar-refractivity contribution in [2.75, 3.05) is 17.2 Å². The number of aliphatic carboxylic acids is 1. The number of carboxylic acids is 1. The number of oxime groups is 1. The molecule has 2 aromatic heterocycles. The maximum absolute atomic E-state index is 12.7. The van der Waals surface area contributed by atoms with E-state index in [1.807, 2.05) is 0 Å². The van der Waals surface area contributed by atoms with Gasteiger partial charge in [-0.1, -0.05) is 9.64 Å². The van der Waals surface area contributed by atoms with Crippen LogP contribution in [0.4, 0.5) is 5.13 Å². The number of aromatic nitrogens is 3. The largest absolute Gasteiger partial charge is 0.477 e.